The molecule has 0 radical (unpaired) electrons. The first-order valence-corrected chi connectivity index (χ1v) is 14.1. The largest absolute Gasteiger partial charge is 0.399 e. The van der Waals surface area contributed by atoms with E-state index >= 15 is 0 Å². The lowest BCUT2D eigenvalue weighted by Gasteiger charge is -2.44. The molecule has 2 aromatic carbocycles. The van der Waals surface area contributed by atoms with E-state index in [0.717, 1.165) is 44.9 Å². The highest BCUT2D eigenvalue weighted by Crippen LogP contribution is 2.45. The average molecular weight is 520 g/mol. The molecule has 4 rings (SSSR count). The van der Waals surface area contributed by atoms with E-state index in [1.165, 1.54) is 30.5 Å². The predicted octanol–water partition coefficient (Wildman–Crippen LogP) is 8.87. The fourth-order valence-electron chi connectivity index (χ4n) is 5.22. The van der Waals surface area contributed by atoms with Gasteiger partial charge < -0.3 is 4.90 Å². The number of carbonyl (C=O) groups is 1. The van der Waals surface area contributed by atoms with E-state index < -0.39 is 11.8 Å². The summed E-state index contributed by atoms with van der Waals surface area (Å²) in [5, 5.41) is 0. The lowest BCUT2D eigenvalue weighted by Crippen LogP contribution is -2.46. The molecule has 2 unspecified atom stereocenters. The van der Waals surface area contributed by atoms with Crippen LogP contribution in [0.15, 0.2) is 54.6 Å². The first-order chi connectivity index (χ1) is 17.2. The SMILES string of the molecule is CCC1(c2ccccc2)CCC(N(C(=O)c2ccc(C(P)C(F)(F)F)cc2)C2CC2)CC1.CCCC. The highest BCUT2D eigenvalue weighted by molar-refractivity contribution is 7.17. The van der Waals surface area contributed by atoms with Crippen LogP contribution >= 0.6 is 9.24 Å². The molecule has 2 fully saturated rings. The van der Waals surface area contributed by atoms with Crippen LogP contribution in [0.1, 0.15) is 106 Å². The van der Waals surface area contributed by atoms with Gasteiger partial charge in [0.2, 0.25) is 0 Å². The van der Waals surface area contributed by atoms with Gasteiger partial charge in [-0.3, -0.25) is 4.79 Å². The third-order valence-corrected chi connectivity index (χ3v) is 8.68. The van der Waals surface area contributed by atoms with Crippen molar-refractivity contribution in [2.75, 3.05) is 0 Å². The number of carbonyl (C=O) groups excluding carboxylic acids is 1. The van der Waals surface area contributed by atoms with Crippen LogP contribution in [0.4, 0.5) is 13.2 Å². The molecular formula is C30H41F3NOP. The van der Waals surface area contributed by atoms with E-state index in [2.05, 4.69) is 45.0 Å². The molecule has 2 atom stereocenters. The second-order valence-electron chi connectivity index (χ2n) is 10.3. The van der Waals surface area contributed by atoms with Gasteiger partial charge in [-0.05, 0) is 73.6 Å². The van der Waals surface area contributed by atoms with E-state index in [9.17, 15) is 18.0 Å². The Bertz CT molecular complexity index is 946. The Morgan fingerprint density at radius 2 is 1.44 bits per heavy atom. The van der Waals surface area contributed by atoms with Crippen LogP contribution in [0.25, 0.3) is 0 Å². The molecule has 2 nitrogen and oxygen atoms in total. The molecule has 2 aromatic rings. The van der Waals surface area contributed by atoms with Crippen molar-refractivity contribution in [1.82, 2.24) is 4.90 Å². The predicted molar refractivity (Wildman–Crippen MR) is 145 cm³/mol. The van der Waals surface area contributed by atoms with Crippen LogP contribution in [-0.4, -0.2) is 29.1 Å². The molecular weight excluding hydrogens is 478 g/mol. The summed E-state index contributed by atoms with van der Waals surface area (Å²) in [7, 11) is 1.85. The van der Waals surface area contributed by atoms with E-state index in [1.54, 1.807) is 12.1 Å². The summed E-state index contributed by atoms with van der Waals surface area (Å²) in [5.74, 6) is -0.0416. The van der Waals surface area contributed by atoms with Crippen molar-refractivity contribution in [1.29, 1.82) is 0 Å². The lowest BCUT2D eigenvalue weighted by atomic mass is 9.66. The van der Waals surface area contributed by atoms with Gasteiger partial charge in [0.05, 0.1) is 5.66 Å². The Labute approximate surface area is 217 Å². The highest BCUT2D eigenvalue weighted by atomic mass is 31.0. The molecule has 36 heavy (non-hydrogen) atoms. The number of nitrogens with zero attached hydrogens (tertiary/aromatic N) is 1. The molecule has 0 aromatic heterocycles. The normalized spacial score (nSPS) is 22.8. The zero-order valence-electron chi connectivity index (χ0n) is 21.9. The standard InChI is InChI=1S/C26H31F3NOP.C4H10/c1-2-25(20-6-4-3-5-7-20)16-14-22(15-17-25)30(21-12-13-21)24(31)19-10-8-18(9-11-19)23(32)26(27,28)29;1-3-4-2/h3-11,21-23H,2,12-17,32H2,1H3;3-4H2,1-2H3. The third-order valence-electron chi connectivity index (χ3n) is 7.91. The summed E-state index contributed by atoms with van der Waals surface area (Å²) in [5.41, 5.74) is 0.575. The number of benzene rings is 2. The molecule has 1 amide bonds. The number of rotatable bonds is 7. The summed E-state index contributed by atoms with van der Waals surface area (Å²) in [6, 6.07) is 17.1. The van der Waals surface area contributed by atoms with Crippen LogP contribution in [0.3, 0.4) is 0 Å². The molecule has 0 aliphatic heterocycles. The van der Waals surface area contributed by atoms with E-state index in [1.807, 2.05) is 20.2 Å². The second kappa shape index (κ2) is 12.6. The Kier molecular flexibility index (Phi) is 10.0. The molecule has 0 N–H and O–H groups in total. The van der Waals surface area contributed by atoms with Gasteiger partial charge >= 0.3 is 6.18 Å². The van der Waals surface area contributed by atoms with Gasteiger partial charge in [-0.1, -0.05) is 76.1 Å². The van der Waals surface area contributed by atoms with Crippen LogP contribution in [0.2, 0.25) is 0 Å². The van der Waals surface area contributed by atoms with Crippen LogP contribution in [0.5, 0.6) is 0 Å². The Morgan fingerprint density at radius 3 is 1.89 bits per heavy atom. The second-order valence-corrected chi connectivity index (χ2v) is 11.0. The molecule has 2 aliphatic carbocycles. The van der Waals surface area contributed by atoms with Crippen molar-refractivity contribution in [3.63, 3.8) is 0 Å². The maximum Gasteiger partial charge on any atom is 0.399 e. The lowest BCUT2D eigenvalue weighted by molar-refractivity contribution is -0.130. The molecule has 0 bridgehead atoms. The highest BCUT2D eigenvalue weighted by Gasteiger charge is 2.43. The molecule has 2 saturated carbocycles. The summed E-state index contributed by atoms with van der Waals surface area (Å²) in [6.45, 7) is 6.61. The smallest absolute Gasteiger partial charge is 0.333 e. The quantitative estimate of drug-likeness (QED) is 0.335. The van der Waals surface area contributed by atoms with E-state index in [-0.39, 0.29) is 29.0 Å². The van der Waals surface area contributed by atoms with Crippen molar-refractivity contribution >= 4 is 15.1 Å². The molecule has 0 saturated heterocycles. The minimum absolute atomic E-state index is 0.0416. The molecule has 0 spiro atoms. The van der Waals surface area contributed by atoms with Crippen molar-refractivity contribution < 1.29 is 18.0 Å². The average Bonchev–Trinajstić information content (AvgIpc) is 3.74. The molecule has 2 aliphatic rings. The summed E-state index contributed by atoms with van der Waals surface area (Å²) < 4.78 is 39.0. The van der Waals surface area contributed by atoms with Crippen molar-refractivity contribution in [3.8, 4) is 0 Å². The molecule has 198 valence electrons. The number of unbranched alkanes of at least 4 members (excludes halogenated alkanes) is 1. The van der Waals surface area contributed by atoms with Gasteiger partial charge in [0, 0.05) is 17.6 Å². The van der Waals surface area contributed by atoms with Gasteiger partial charge in [-0.2, -0.15) is 13.2 Å². The zero-order chi connectivity index (χ0) is 26.3. The summed E-state index contributed by atoms with van der Waals surface area (Å²) >= 11 is 0. The number of hydrogen-bond acceptors (Lipinski definition) is 1. The number of amides is 1. The Balaban J connectivity index is 0.000000840. The fraction of sp³-hybridized carbons (Fsp3) is 0.567. The summed E-state index contributed by atoms with van der Waals surface area (Å²) in [6.07, 6.45) is 5.46. The Morgan fingerprint density at radius 1 is 0.917 bits per heavy atom. The third kappa shape index (κ3) is 6.91. The van der Waals surface area contributed by atoms with E-state index in [4.69, 9.17) is 0 Å². The van der Waals surface area contributed by atoms with Crippen LogP contribution in [-0.2, 0) is 5.41 Å². The molecule has 6 heteroatoms. The van der Waals surface area contributed by atoms with Gasteiger partial charge in [0.15, 0.2) is 0 Å². The van der Waals surface area contributed by atoms with Crippen molar-refractivity contribution in [2.45, 2.75) is 108 Å². The number of halogens is 3. The minimum atomic E-state index is -4.32. The number of hydrogen-bond donors (Lipinski definition) is 0. The van der Waals surface area contributed by atoms with Crippen molar-refractivity contribution in [2.24, 2.45) is 0 Å². The van der Waals surface area contributed by atoms with Gasteiger partial charge in [-0.15, -0.1) is 9.24 Å². The fourth-order valence-corrected chi connectivity index (χ4v) is 5.45. The van der Waals surface area contributed by atoms with Crippen molar-refractivity contribution in [3.05, 3.63) is 71.3 Å². The number of alkyl halides is 3. The zero-order valence-corrected chi connectivity index (χ0v) is 23.0. The first kappa shape index (κ1) is 28.7. The van der Waals surface area contributed by atoms with Crippen LogP contribution < -0.4 is 0 Å². The van der Waals surface area contributed by atoms with E-state index in [0.29, 0.717) is 5.56 Å². The Hall–Kier alpha value is -1.87. The molecule has 0 heterocycles. The van der Waals surface area contributed by atoms with Gasteiger partial charge in [-0.25, -0.2) is 0 Å². The topological polar surface area (TPSA) is 20.3 Å². The first-order valence-electron chi connectivity index (χ1n) is 13.5. The summed E-state index contributed by atoms with van der Waals surface area (Å²) in [4.78, 5) is 15.4. The van der Waals surface area contributed by atoms with Gasteiger partial charge in [0.1, 0.15) is 0 Å². The van der Waals surface area contributed by atoms with Crippen LogP contribution in [0, 0.1) is 0 Å². The van der Waals surface area contributed by atoms with Gasteiger partial charge in [0.25, 0.3) is 5.91 Å². The maximum absolute atomic E-state index is 13.4. The monoisotopic (exact) mass is 519 g/mol. The maximum atomic E-state index is 13.4. The minimum Gasteiger partial charge on any atom is -0.333 e.